The number of carbonyl (C=O) groups is 1. The lowest BCUT2D eigenvalue weighted by molar-refractivity contribution is -0.134. The monoisotopic (exact) mass is 278 g/mol. The molecule has 0 bridgehead atoms. The number of nitrogens with two attached hydrogens (primary N) is 1. The van der Waals surface area contributed by atoms with E-state index in [0.29, 0.717) is 6.54 Å². The summed E-state index contributed by atoms with van der Waals surface area (Å²) in [5.74, 6) is 0.356. The molecule has 0 radical (unpaired) electrons. The molecule has 2 aliphatic heterocycles. The van der Waals surface area contributed by atoms with E-state index < -0.39 is 0 Å². The number of amides is 1. The van der Waals surface area contributed by atoms with Gasteiger partial charge in [0.1, 0.15) is 0 Å². The zero-order chi connectivity index (χ0) is 12.3. The van der Waals surface area contributed by atoms with Crippen molar-refractivity contribution in [1.82, 2.24) is 4.90 Å². The molecular formula is C12H23ClN2O3. The smallest absolute Gasteiger partial charge is 0.239 e. The van der Waals surface area contributed by atoms with Crippen molar-refractivity contribution < 1.29 is 14.3 Å². The zero-order valence-electron chi connectivity index (χ0n) is 10.8. The zero-order valence-corrected chi connectivity index (χ0v) is 11.7. The number of rotatable bonds is 3. The molecule has 2 heterocycles. The molecule has 2 fully saturated rings. The lowest BCUT2D eigenvalue weighted by Crippen LogP contribution is -2.48. The molecule has 0 aromatic carbocycles. The van der Waals surface area contributed by atoms with E-state index in [2.05, 4.69) is 0 Å². The fourth-order valence-electron chi connectivity index (χ4n) is 2.61. The third kappa shape index (κ3) is 3.57. The fraction of sp³-hybridized carbons (Fsp3) is 0.917. The predicted molar refractivity (Wildman–Crippen MR) is 70.8 cm³/mol. The molecular weight excluding hydrogens is 256 g/mol. The number of likely N-dealkylation sites (tertiary alicyclic amines) is 1. The third-order valence-corrected chi connectivity index (χ3v) is 3.85. The number of hydrogen-bond acceptors (Lipinski definition) is 4. The molecule has 5 nitrogen and oxygen atoms in total. The van der Waals surface area contributed by atoms with Crippen LogP contribution in [0.15, 0.2) is 0 Å². The van der Waals surface area contributed by atoms with E-state index in [1.807, 2.05) is 4.90 Å². The second kappa shape index (κ2) is 7.28. The Morgan fingerprint density at radius 3 is 2.61 bits per heavy atom. The molecule has 18 heavy (non-hydrogen) atoms. The molecule has 0 aromatic rings. The number of halogens is 1. The second-order valence-corrected chi connectivity index (χ2v) is 4.91. The molecule has 2 rings (SSSR count). The largest absolute Gasteiger partial charge is 0.381 e. The summed E-state index contributed by atoms with van der Waals surface area (Å²) in [5, 5.41) is 0. The molecule has 2 N–H and O–H groups in total. The number of hydrogen-bond donors (Lipinski definition) is 1. The van der Waals surface area contributed by atoms with E-state index in [9.17, 15) is 4.79 Å². The standard InChI is InChI=1S/C12H22N2O3.ClH/c1-16-10-2-5-14(8-10)12(15)11(13)9-3-6-17-7-4-9;/h9-11H,2-8,13H2,1H3;1H/t10-,11?;/m0./s1. The number of methoxy groups -OCH3 is 1. The van der Waals surface area contributed by atoms with Crippen LogP contribution < -0.4 is 5.73 Å². The van der Waals surface area contributed by atoms with Crippen molar-refractivity contribution in [2.45, 2.75) is 31.4 Å². The third-order valence-electron chi connectivity index (χ3n) is 3.85. The van der Waals surface area contributed by atoms with Gasteiger partial charge in [-0.3, -0.25) is 4.79 Å². The van der Waals surface area contributed by atoms with Crippen LogP contribution in [0, 0.1) is 5.92 Å². The maximum Gasteiger partial charge on any atom is 0.239 e. The normalized spacial score (nSPS) is 26.8. The Bertz CT molecular complexity index is 272. The van der Waals surface area contributed by atoms with Crippen molar-refractivity contribution in [3.8, 4) is 0 Å². The highest BCUT2D eigenvalue weighted by molar-refractivity contribution is 5.85. The molecule has 0 spiro atoms. The van der Waals surface area contributed by atoms with Gasteiger partial charge in [0.05, 0.1) is 12.1 Å². The number of ether oxygens (including phenoxy) is 2. The van der Waals surface area contributed by atoms with E-state index in [1.165, 1.54) is 0 Å². The van der Waals surface area contributed by atoms with Gasteiger partial charge >= 0.3 is 0 Å². The van der Waals surface area contributed by atoms with Gasteiger partial charge in [-0.25, -0.2) is 0 Å². The van der Waals surface area contributed by atoms with Crippen LogP contribution in [0.2, 0.25) is 0 Å². The second-order valence-electron chi connectivity index (χ2n) is 4.91. The first-order valence-electron chi connectivity index (χ1n) is 6.37. The topological polar surface area (TPSA) is 64.8 Å². The number of carbonyl (C=O) groups excluding carboxylic acids is 1. The Morgan fingerprint density at radius 2 is 2.06 bits per heavy atom. The van der Waals surface area contributed by atoms with Gasteiger partial charge in [-0.15, -0.1) is 12.4 Å². The summed E-state index contributed by atoms with van der Waals surface area (Å²) in [7, 11) is 1.69. The van der Waals surface area contributed by atoms with Gasteiger partial charge in [0, 0.05) is 33.4 Å². The van der Waals surface area contributed by atoms with Gasteiger partial charge < -0.3 is 20.1 Å². The van der Waals surface area contributed by atoms with Crippen LogP contribution in [0.1, 0.15) is 19.3 Å². The lowest BCUT2D eigenvalue weighted by atomic mass is 9.91. The van der Waals surface area contributed by atoms with E-state index >= 15 is 0 Å². The molecule has 2 atom stereocenters. The van der Waals surface area contributed by atoms with Crippen molar-refractivity contribution in [3.05, 3.63) is 0 Å². The highest BCUT2D eigenvalue weighted by atomic mass is 35.5. The SMILES string of the molecule is CO[C@H]1CCN(C(=O)C(N)C2CCOCC2)C1.Cl. The summed E-state index contributed by atoms with van der Waals surface area (Å²) in [4.78, 5) is 14.1. The van der Waals surface area contributed by atoms with Crippen LogP contribution >= 0.6 is 12.4 Å². The van der Waals surface area contributed by atoms with Gasteiger partial charge in [-0.1, -0.05) is 0 Å². The van der Waals surface area contributed by atoms with Crippen LogP contribution in [0.25, 0.3) is 0 Å². The molecule has 0 aromatic heterocycles. The van der Waals surface area contributed by atoms with Gasteiger partial charge in [0.15, 0.2) is 0 Å². The minimum absolute atomic E-state index is 0. The first kappa shape index (κ1) is 15.7. The van der Waals surface area contributed by atoms with Crippen molar-refractivity contribution in [3.63, 3.8) is 0 Å². The van der Waals surface area contributed by atoms with Crippen LogP contribution in [0.5, 0.6) is 0 Å². The maximum absolute atomic E-state index is 12.2. The minimum atomic E-state index is -0.366. The Hall–Kier alpha value is -0.360. The Labute approximate surface area is 114 Å². The summed E-state index contributed by atoms with van der Waals surface area (Å²) >= 11 is 0. The van der Waals surface area contributed by atoms with Crippen LogP contribution in [0.3, 0.4) is 0 Å². The highest BCUT2D eigenvalue weighted by Gasteiger charge is 2.33. The summed E-state index contributed by atoms with van der Waals surface area (Å²) in [6.45, 7) is 2.92. The van der Waals surface area contributed by atoms with Crippen molar-refractivity contribution in [2.24, 2.45) is 11.7 Å². The average Bonchev–Trinajstić information content (AvgIpc) is 2.87. The van der Waals surface area contributed by atoms with Crippen LogP contribution in [0.4, 0.5) is 0 Å². The van der Waals surface area contributed by atoms with E-state index in [-0.39, 0.29) is 36.4 Å². The summed E-state index contributed by atoms with van der Waals surface area (Å²) in [6.07, 6.45) is 2.90. The minimum Gasteiger partial charge on any atom is -0.381 e. The van der Waals surface area contributed by atoms with Gasteiger partial charge in [-0.05, 0) is 25.2 Å². The van der Waals surface area contributed by atoms with Gasteiger partial charge in [-0.2, -0.15) is 0 Å². The van der Waals surface area contributed by atoms with E-state index in [4.69, 9.17) is 15.2 Å². The summed E-state index contributed by atoms with van der Waals surface area (Å²) < 4.78 is 10.6. The summed E-state index contributed by atoms with van der Waals surface area (Å²) in [5.41, 5.74) is 6.07. The van der Waals surface area contributed by atoms with E-state index in [0.717, 1.165) is 39.0 Å². The van der Waals surface area contributed by atoms with Crippen molar-refractivity contribution in [2.75, 3.05) is 33.4 Å². The first-order valence-corrected chi connectivity index (χ1v) is 6.37. The van der Waals surface area contributed by atoms with Gasteiger partial charge in [0.2, 0.25) is 5.91 Å². The first-order chi connectivity index (χ1) is 8.22. The molecule has 6 heteroatoms. The molecule has 2 saturated heterocycles. The van der Waals surface area contributed by atoms with E-state index in [1.54, 1.807) is 7.11 Å². The van der Waals surface area contributed by atoms with Crippen LogP contribution in [-0.4, -0.2) is 56.4 Å². The number of nitrogens with zero attached hydrogens (tertiary/aromatic N) is 1. The predicted octanol–water partition coefficient (Wildman–Crippen LogP) is 0.409. The molecule has 1 unspecified atom stereocenters. The molecule has 0 aliphatic carbocycles. The van der Waals surface area contributed by atoms with Crippen molar-refractivity contribution >= 4 is 18.3 Å². The summed E-state index contributed by atoms with van der Waals surface area (Å²) in [6, 6.07) is -0.366. The molecule has 1 amide bonds. The van der Waals surface area contributed by atoms with Crippen molar-refractivity contribution in [1.29, 1.82) is 0 Å². The maximum atomic E-state index is 12.2. The quantitative estimate of drug-likeness (QED) is 0.812. The lowest BCUT2D eigenvalue weighted by Gasteiger charge is -2.29. The Kier molecular flexibility index (Phi) is 6.35. The Morgan fingerprint density at radius 1 is 1.39 bits per heavy atom. The molecule has 0 saturated carbocycles. The van der Waals surface area contributed by atoms with Gasteiger partial charge in [0.25, 0.3) is 0 Å². The molecule has 106 valence electrons. The average molecular weight is 279 g/mol. The molecule has 2 aliphatic rings. The van der Waals surface area contributed by atoms with Crippen LogP contribution in [-0.2, 0) is 14.3 Å². The highest BCUT2D eigenvalue weighted by Crippen LogP contribution is 2.21. The fourth-order valence-corrected chi connectivity index (χ4v) is 2.61. The Balaban J connectivity index is 0.00000162.